The number of likely N-dealkylation sites (N-methyl/N-ethyl adjacent to an activating group) is 1. The Labute approximate surface area is 287 Å². The van der Waals surface area contributed by atoms with Gasteiger partial charge in [-0.3, -0.25) is 24.0 Å². The lowest BCUT2D eigenvalue weighted by atomic mass is 9.84. The molecule has 6 atom stereocenters. The second-order valence-electron chi connectivity index (χ2n) is 17.4. The summed E-state index contributed by atoms with van der Waals surface area (Å²) in [6, 6.07) is -3.87. The van der Waals surface area contributed by atoms with E-state index in [-0.39, 0.29) is 42.7 Å². The smallest absolute Gasteiger partial charge is 0.315 e. The molecule has 12 heteroatoms. The SMILES string of the molecule is C=CCNC(=O)C(=O)C(CCC)NC(=O)[C@@H]1[C@@H]2[C@H](CN1C(=O)[C@@H](NC(=O)N[C@H](CN(C)C(=O)C(C)(C)C)C(C)(C)C)C(C)(C)C)C2(C)C. The molecule has 0 radical (unpaired) electrons. The normalized spacial score (nSPS) is 21.9. The molecule has 4 N–H and O–H groups in total. The summed E-state index contributed by atoms with van der Waals surface area (Å²) in [5, 5.41) is 11.2. The van der Waals surface area contributed by atoms with Crippen molar-refractivity contribution in [2.24, 2.45) is 33.5 Å². The molecule has 2 fully saturated rings. The van der Waals surface area contributed by atoms with Crippen molar-refractivity contribution in [3.8, 4) is 0 Å². The van der Waals surface area contributed by atoms with Crippen molar-refractivity contribution >= 4 is 35.4 Å². The predicted octanol–water partition coefficient (Wildman–Crippen LogP) is 3.26. The van der Waals surface area contributed by atoms with Crippen molar-refractivity contribution in [2.75, 3.05) is 26.7 Å². The van der Waals surface area contributed by atoms with Crippen LogP contribution in [0.4, 0.5) is 4.79 Å². The van der Waals surface area contributed by atoms with Gasteiger partial charge in [0.1, 0.15) is 12.1 Å². The molecule has 1 aliphatic heterocycles. The fourth-order valence-electron chi connectivity index (χ4n) is 6.65. The third-order valence-electron chi connectivity index (χ3n) is 9.79. The molecule has 48 heavy (non-hydrogen) atoms. The third-order valence-corrected chi connectivity index (χ3v) is 9.79. The van der Waals surface area contributed by atoms with E-state index in [0.717, 1.165) is 0 Å². The Balaban J connectivity index is 2.32. The van der Waals surface area contributed by atoms with E-state index in [1.54, 1.807) is 11.9 Å². The van der Waals surface area contributed by atoms with Gasteiger partial charge in [-0.2, -0.15) is 0 Å². The van der Waals surface area contributed by atoms with Crippen molar-refractivity contribution in [3.05, 3.63) is 12.7 Å². The number of Topliss-reactive ketones (excluding diaryl/α,β-unsaturated/α-hetero) is 1. The zero-order chi connectivity index (χ0) is 37.2. The molecule has 1 heterocycles. The van der Waals surface area contributed by atoms with Crippen molar-refractivity contribution in [3.63, 3.8) is 0 Å². The highest BCUT2D eigenvalue weighted by atomic mass is 16.2. The number of likely N-dealkylation sites (tertiary alicyclic amines) is 1. The monoisotopic (exact) mass is 674 g/mol. The van der Waals surface area contributed by atoms with Crippen LogP contribution >= 0.6 is 0 Å². The summed E-state index contributed by atoms with van der Waals surface area (Å²) in [4.78, 5) is 83.4. The molecule has 0 spiro atoms. The number of urea groups is 1. The standard InChI is InChI=1S/C36H62N6O6/c1-15-17-22(26(43)29(45)37-18-16-2)38-28(44)25-24-21(36(24,12)13)19-42(25)30(46)27(34(6,7)8)40-32(48)39-23(33(3,4)5)20-41(14)31(47)35(9,10)11/h16,21-25,27H,2,15,17-20H2,1,3-14H3,(H,37,45)(H,38,44)(H2,39,40,48)/t21-,22?,23+,24-,25-,27+/m0/s1. The molecule has 0 bridgehead atoms. The Hall–Kier alpha value is -3.44. The lowest BCUT2D eigenvalue weighted by Gasteiger charge is -2.39. The molecule has 272 valence electrons. The maximum Gasteiger partial charge on any atom is 0.315 e. The van der Waals surface area contributed by atoms with Gasteiger partial charge in [0, 0.05) is 32.1 Å². The molecule has 2 aliphatic rings. The molecule has 0 aromatic carbocycles. The van der Waals surface area contributed by atoms with Gasteiger partial charge in [0.2, 0.25) is 23.5 Å². The fourth-order valence-corrected chi connectivity index (χ4v) is 6.65. The van der Waals surface area contributed by atoms with Crippen molar-refractivity contribution < 1.29 is 28.8 Å². The van der Waals surface area contributed by atoms with Crippen LogP contribution in [0, 0.1) is 33.5 Å². The van der Waals surface area contributed by atoms with E-state index >= 15 is 0 Å². The summed E-state index contributed by atoms with van der Waals surface area (Å²) in [7, 11) is 1.71. The topological polar surface area (TPSA) is 157 Å². The number of nitrogens with one attached hydrogen (secondary N) is 4. The van der Waals surface area contributed by atoms with Gasteiger partial charge in [-0.1, -0.05) is 95.6 Å². The number of rotatable bonds is 13. The summed E-state index contributed by atoms with van der Waals surface area (Å²) < 4.78 is 0. The second kappa shape index (κ2) is 15.0. The molecule has 1 unspecified atom stereocenters. The average Bonchev–Trinajstić information content (AvgIpc) is 3.27. The Bertz CT molecular complexity index is 1260. The lowest BCUT2D eigenvalue weighted by molar-refractivity contribution is -0.145. The molecular weight excluding hydrogens is 612 g/mol. The van der Waals surface area contributed by atoms with E-state index in [9.17, 15) is 28.8 Å². The van der Waals surface area contributed by atoms with Crippen LogP contribution in [0.2, 0.25) is 0 Å². The summed E-state index contributed by atoms with van der Waals surface area (Å²) in [6.45, 7) is 27.2. The quantitative estimate of drug-likeness (QED) is 0.174. The van der Waals surface area contributed by atoms with E-state index in [2.05, 4.69) is 41.7 Å². The molecule has 1 saturated heterocycles. The maximum atomic E-state index is 14.4. The first-order chi connectivity index (χ1) is 21.8. The van der Waals surface area contributed by atoms with Crippen LogP contribution in [-0.4, -0.2) is 96.1 Å². The molecule has 2 rings (SSSR count). The zero-order valence-corrected chi connectivity index (χ0v) is 31.6. The molecule has 1 aliphatic carbocycles. The molecule has 1 saturated carbocycles. The van der Waals surface area contributed by atoms with E-state index in [0.29, 0.717) is 13.0 Å². The van der Waals surface area contributed by atoms with E-state index < -0.39 is 69.9 Å². The van der Waals surface area contributed by atoms with Gasteiger partial charge in [-0.15, -0.1) is 6.58 Å². The van der Waals surface area contributed by atoms with Crippen molar-refractivity contribution in [2.45, 2.75) is 120 Å². The van der Waals surface area contributed by atoms with Gasteiger partial charge in [-0.05, 0) is 34.5 Å². The zero-order valence-electron chi connectivity index (χ0n) is 31.6. The van der Waals surface area contributed by atoms with E-state index in [1.165, 1.54) is 11.0 Å². The lowest BCUT2D eigenvalue weighted by Crippen LogP contribution is -2.63. The van der Waals surface area contributed by atoms with Gasteiger partial charge in [-0.25, -0.2) is 4.79 Å². The number of piperidine rings is 1. The summed E-state index contributed by atoms with van der Waals surface area (Å²) >= 11 is 0. The molecular formula is C36H62N6O6. The average molecular weight is 675 g/mol. The molecule has 0 aromatic heterocycles. The van der Waals surface area contributed by atoms with Gasteiger partial charge in [0.15, 0.2) is 0 Å². The third kappa shape index (κ3) is 9.59. The van der Waals surface area contributed by atoms with E-state index in [1.807, 2.05) is 69.2 Å². The number of hydrogen-bond acceptors (Lipinski definition) is 6. The summed E-state index contributed by atoms with van der Waals surface area (Å²) in [5.41, 5.74) is -1.91. The largest absolute Gasteiger partial charge is 0.346 e. The van der Waals surface area contributed by atoms with Gasteiger partial charge in [0.25, 0.3) is 5.91 Å². The second-order valence-corrected chi connectivity index (χ2v) is 17.4. The predicted molar refractivity (Wildman–Crippen MR) is 187 cm³/mol. The number of amides is 6. The number of carbonyl (C=O) groups is 6. The van der Waals surface area contributed by atoms with Crippen LogP contribution in [-0.2, 0) is 24.0 Å². The van der Waals surface area contributed by atoms with Crippen LogP contribution in [0.1, 0.15) is 95.9 Å². The fraction of sp³-hybridized carbons (Fsp3) is 0.778. The minimum Gasteiger partial charge on any atom is -0.346 e. The Morgan fingerprint density at radius 1 is 0.938 bits per heavy atom. The maximum absolute atomic E-state index is 14.4. The summed E-state index contributed by atoms with van der Waals surface area (Å²) in [6.07, 6.45) is 2.28. The molecule has 0 aromatic rings. The molecule has 6 amide bonds. The van der Waals surface area contributed by atoms with Crippen molar-refractivity contribution in [1.82, 2.24) is 31.1 Å². The Kier molecular flexibility index (Phi) is 12.7. The summed E-state index contributed by atoms with van der Waals surface area (Å²) in [5.74, 6) is -2.54. The van der Waals surface area contributed by atoms with Gasteiger partial charge in [0.05, 0.1) is 12.1 Å². The van der Waals surface area contributed by atoms with Gasteiger partial charge < -0.3 is 31.1 Å². The first-order valence-corrected chi connectivity index (χ1v) is 17.2. The Morgan fingerprint density at radius 3 is 2.00 bits per heavy atom. The number of nitrogens with zero attached hydrogens (tertiary/aromatic N) is 2. The molecule has 12 nitrogen and oxygen atoms in total. The van der Waals surface area contributed by atoms with Crippen LogP contribution in [0.25, 0.3) is 0 Å². The highest BCUT2D eigenvalue weighted by Gasteiger charge is 2.70. The first-order valence-electron chi connectivity index (χ1n) is 17.2. The Morgan fingerprint density at radius 2 is 1.52 bits per heavy atom. The van der Waals surface area contributed by atoms with Crippen LogP contribution in [0.5, 0.6) is 0 Å². The van der Waals surface area contributed by atoms with Gasteiger partial charge >= 0.3 is 6.03 Å². The highest BCUT2D eigenvalue weighted by Crippen LogP contribution is 2.65. The van der Waals surface area contributed by atoms with Crippen LogP contribution < -0.4 is 21.3 Å². The minimum atomic E-state index is -1.04. The minimum absolute atomic E-state index is 0.0539. The number of hydrogen-bond donors (Lipinski definition) is 4. The van der Waals surface area contributed by atoms with Crippen molar-refractivity contribution in [1.29, 1.82) is 0 Å². The number of carbonyl (C=O) groups excluding carboxylic acids is 6. The van der Waals surface area contributed by atoms with Crippen LogP contribution in [0.15, 0.2) is 12.7 Å². The number of fused-ring (bicyclic) bond motifs is 1. The van der Waals surface area contributed by atoms with E-state index in [4.69, 9.17) is 0 Å². The first kappa shape index (κ1) is 40.7. The highest BCUT2D eigenvalue weighted by molar-refractivity contribution is 6.38. The number of ketones is 1. The van der Waals surface area contributed by atoms with Crippen LogP contribution in [0.3, 0.4) is 0 Å².